The van der Waals surface area contributed by atoms with Gasteiger partial charge in [0.25, 0.3) is 0 Å². The van der Waals surface area contributed by atoms with Gasteiger partial charge in [0.1, 0.15) is 5.78 Å². The van der Waals surface area contributed by atoms with E-state index in [1.165, 1.54) is 11.8 Å². The van der Waals surface area contributed by atoms with E-state index in [0.29, 0.717) is 64.4 Å². The van der Waals surface area contributed by atoms with Crippen LogP contribution in [0.5, 0.6) is 0 Å². The molecule has 1 aromatic rings. The van der Waals surface area contributed by atoms with Gasteiger partial charge in [-0.05, 0) is 62.6 Å². The highest BCUT2D eigenvalue weighted by molar-refractivity contribution is 6.05. The van der Waals surface area contributed by atoms with Crippen LogP contribution in [0.4, 0.5) is 5.69 Å². The standard InChI is InChI=1S/C34H50N4O8/c1-24(39)14-16-35-29(40)13-8-25-6-11-28(12-7-25)37-30(41)15-18-45-20-21-46-19-17-36-32(43)27-9-4-26(5-10-27)23-38-31(42)22-34(2,3)33(38)44/h6-7,11-12,26-27H,4-5,8-10,13-23H2,1-3H3,(H,35,40)(H,36,43)(H,37,41). The van der Waals surface area contributed by atoms with E-state index < -0.39 is 5.41 Å². The lowest BCUT2D eigenvalue weighted by atomic mass is 9.81. The smallest absolute Gasteiger partial charge is 0.235 e. The Kier molecular flexibility index (Phi) is 14.8. The molecule has 2 aliphatic rings. The fourth-order valence-corrected chi connectivity index (χ4v) is 5.66. The summed E-state index contributed by atoms with van der Waals surface area (Å²) in [7, 11) is 0. The molecule has 1 aliphatic carbocycles. The van der Waals surface area contributed by atoms with Gasteiger partial charge < -0.3 is 25.4 Å². The van der Waals surface area contributed by atoms with E-state index in [2.05, 4.69) is 16.0 Å². The van der Waals surface area contributed by atoms with E-state index in [1.54, 1.807) is 12.1 Å². The van der Waals surface area contributed by atoms with Gasteiger partial charge in [-0.3, -0.25) is 33.7 Å². The Balaban J connectivity index is 1.16. The molecule has 0 aromatic heterocycles. The number of benzene rings is 1. The molecule has 0 atom stereocenters. The summed E-state index contributed by atoms with van der Waals surface area (Å²) in [6.45, 7) is 7.63. The van der Waals surface area contributed by atoms with Crippen molar-refractivity contribution < 1.29 is 38.2 Å². The summed E-state index contributed by atoms with van der Waals surface area (Å²) in [5.41, 5.74) is 1.03. The lowest BCUT2D eigenvalue weighted by Crippen LogP contribution is -2.40. The predicted molar refractivity (Wildman–Crippen MR) is 172 cm³/mol. The molecule has 0 unspecified atom stereocenters. The van der Waals surface area contributed by atoms with E-state index >= 15 is 0 Å². The normalized spacial score (nSPS) is 19.2. The van der Waals surface area contributed by atoms with Crippen LogP contribution >= 0.6 is 0 Å². The number of anilines is 1. The second kappa shape index (κ2) is 18.5. The Hall–Kier alpha value is -3.64. The highest BCUT2D eigenvalue weighted by atomic mass is 16.5. The molecule has 1 aromatic carbocycles. The van der Waals surface area contributed by atoms with Crippen LogP contribution in [0.2, 0.25) is 0 Å². The summed E-state index contributed by atoms with van der Waals surface area (Å²) >= 11 is 0. The van der Waals surface area contributed by atoms with E-state index in [1.807, 2.05) is 26.0 Å². The number of hydrogen-bond donors (Lipinski definition) is 3. The second-order valence-corrected chi connectivity index (χ2v) is 12.9. The number of carbonyl (C=O) groups excluding carboxylic acids is 6. The summed E-state index contributed by atoms with van der Waals surface area (Å²) in [5.74, 6) is -0.212. The van der Waals surface area contributed by atoms with Gasteiger partial charge in [-0.15, -0.1) is 0 Å². The van der Waals surface area contributed by atoms with Crippen molar-refractivity contribution in [3.63, 3.8) is 0 Å². The van der Waals surface area contributed by atoms with Crippen molar-refractivity contribution in [1.82, 2.24) is 15.5 Å². The second-order valence-electron chi connectivity index (χ2n) is 12.9. The molecule has 2 fully saturated rings. The van der Waals surface area contributed by atoms with Crippen molar-refractivity contribution in [2.75, 3.05) is 51.4 Å². The molecule has 12 nitrogen and oxygen atoms in total. The Labute approximate surface area is 271 Å². The van der Waals surface area contributed by atoms with Crippen molar-refractivity contribution in [2.45, 2.75) is 78.6 Å². The number of ketones is 1. The number of aryl methyl sites for hydroxylation is 1. The van der Waals surface area contributed by atoms with Gasteiger partial charge in [-0.1, -0.05) is 26.0 Å². The Morgan fingerprint density at radius 2 is 1.50 bits per heavy atom. The predicted octanol–water partition coefficient (Wildman–Crippen LogP) is 2.78. The minimum Gasteiger partial charge on any atom is -0.379 e. The number of amides is 5. The average Bonchev–Trinajstić information content (AvgIpc) is 3.21. The first-order valence-corrected chi connectivity index (χ1v) is 16.4. The van der Waals surface area contributed by atoms with Crippen molar-refractivity contribution in [2.24, 2.45) is 17.3 Å². The number of likely N-dealkylation sites (tertiary alicyclic amines) is 1. The fourth-order valence-electron chi connectivity index (χ4n) is 5.66. The first-order chi connectivity index (χ1) is 21.9. The van der Waals surface area contributed by atoms with Crippen LogP contribution in [0, 0.1) is 17.3 Å². The largest absolute Gasteiger partial charge is 0.379 e. The molecule has 0 spiro atoms. The van der Waals surface area contributed by atoms with Gasteiger partial charge in [0.2, 0.25) is 29.5 Å². The molecular weight excluding hydrogens is 592 g/mol. The summed E-state index contributed by atoms with van der Waals surface area (Å²) in [4.78, 5) is 73.7. The van der Waals surface area contributed by atoms with E-state index in [0.717, 1.165) is 31.2 Å². The number of imide groups is 1. The van der Waals surface area contributed by atoms with Gasteiger partial charge >= 0.3 is 0 Å². The number of nitrogens with zero attached hydrogens (tertiary/aromatic N) is 1. The Morgan fingerprint density at radius 1 is 0.826 bits per heavy atom. The maximum Gasteiger partial charge on any atom is 0.235 e. The minimum absolute atomic E-state index is 0.0123. The van der Waals surface area contributed by atoms with Crippen molar-refractivity contribution in [1.29, 1.82) is 0 Å². The van der Waals surface area contributed by atoms with Crippen LogP contribution in [-0.2, 0) is 44.7 Å². The third-order valence-electron chi connectivity index (χ3n) is 8.45. The summed E-state index contributed by atoms with van der Waals surface area (Å²) in [6.07, 6.45) is 4.82. The third kappa shape index (κ3) is 12.6. The van der Waals surface area contributed by atoms with Crippen molar-refractivity contribution >= 4 is 41.0 Å². The maximum absolute atomic E-state index is 12.6. The average molecular weight is 643 g/mol. The van der Waals surface area contributed by atoms with Gasteiger partial charge in [0.15, 0.2) is 0 Å². The monoisotopic (exact) mass is 642 g/mol. The zero-order valence-electron chi connectivity index (χ0n) is 27.5. The van der Waals surface area contributed by atoms with Crippen LogP contribution in [-0.4, -0.2) is 86.3 Å². The van der Waals surface area contributed by atoms with Gasteiger partial charge in [-0.2, -0.15) is 0 Å². The molecule has 1 saturated carbocycles. The zero-order valence-corrected chi connectivity index (χ0v) is 27.5. The first kappa shape index (κ1) is 36.8. The first-order valence-electron chi connectivity index (χ1n) is 16.4. The lowest BCUT2D eigenvalue weighted by molar-refractivity contribution is -0.142. The number of ether oxygens (including phenoxy) is 2. The molecular formula is C34H50N4O8. The zero-order chi connectivity index (χ0) is 33.5. The number of hydrogen-bond acceptors (Lipinski definition) is 8. The summed E-state index contributed by atoms with van der Waals surface area (Å²) in [6, 6.07) is 7.32. The summed E-state index contributed by atoms with van der Waals surface area (Å²) < 4.78 is 11.0. The molecule has 1 aliphatic heterocycles. The molecule has 12 heteroatoms. The summed E-state index contributed by atoms with van der Waals surface area (Å²) in [5, 5.41) is 8.47. The van der Waals surface area contributed by atoms with Gasteiger partial charge in [0.05, 0.1) is 38.3 Å². The van der Waals surface area contributed by atoms with Crippen LogP contribution in [0.25, 0.3) is 0 Å². The molecule has 0 bridgehead atoms. The van der Waals surface area contributed by atoms with E-state index in [4.69, 9.17) is 9.47 Å². The van der Waals surface area contributed by atoms with Crippen LogP contribution in [0.1, 0.15) is 77.7 Å². The lowest BCUT2D eigenvalue weighted by Gasteiger charge is -2.30. The number of carbonyl (C=O) groups is 6. The Bertz CT molecular complexity index is 1210. The van der Waals surface area contributed by atoms with Gasteiger partial charge in [0, 0.05) is 50.5 Å². The molecule has 3 N–H and O–H groups in total. The fraction of sp³-hybridized carbons (Fsp3) is 0.647. The van der Waals surface area contributed by atoms with Gasteiger partial charge in [-0.25, -0.2) is 0 Å². The Morgan fingerprint density at radius 3 is 2.13 bits per heavy atom. The number of rotatable bonds is 19. The van der Waals surface area contributed by atoms with Crippen LogP contribution in [0.3, 0.4) is 0 Å². The molecule has 0 radical (unpaired) electrons. The van der Waals surface area contributed by atoms with Crippen molar-refractivity contribution in [3.05, 3.63) is 29.8 Å². The molecule has 254 valence electrons. The van der Waals surface area contributed by atoms with E-state index in [9.17, 15) is 28.8 Å². The molecule has 3 rings (SSSR count). The van der Waals surface area contributed by atoms with Crippen LogP contribution in [0.15, 0.2) is 24.3 Å². The van der Waals surface area contributed by atoms with E-state index in [-0.39, 0.29) is 66.6 Å². The quantitative estimate of drug-likeness (QED) is 0.153. The maximum atomic E-state index is 12.6. The minimum atomic E-state index is -0.613. The van der Waals surface area contributed by atoms with Crippen LogP contribution < -0.4 is 16.0 Å². The third-order valence-corrected chi connectivity index (χ3v) is 8.45. The molecule has 1 saturated heterocycles. The highest BCUT2D eigenvalue weighted by Gasteiger charge is 2.45. The number of Topliss-reactive ketones (excluding diaryl/α,β-unsaturated/α-hetero) is 1. The van der Waals surface area contributed by atoms with Crippen molar-refractivity contribution in [3.8, 4) is 0 Å². The molecule has 5 amide bonds. The molecule has 1 heterocycles. The SMILES string of the molecule is CC(=O)CCNC(=O)CCc1ccc(NC(=O)CCOCCOCCNC(=O)C2CCC(CN3C(=O)CC(C)(C)C3=O)CC2)cc1. The highest BCUT2D eigenvalue weighted by Crippen LogP contribution is 2.35. The topological polar surface area (TPSA) is 160 Å². The molecule has 46 heavy (non-hydrogen) atoms. The number of nitrogens with one attached hydrogen (secondary N) is 3.